The number of methoxy groups -OCH3 is 1. The maximum atomic E-state index is 9.84. The summed E-state index contributed by atoms with van der Waals surface area (Å²) in [5, 5.41) is 0. The quantitative estimate of drug-likeness (QED) is 0.345. The van der Waals surface area contributed by atoms with Gasteiger partial charge in [0, 0.05) is 23.1 Å². The molecule has 0 aliphatic rings. The van der Waals surface area contributed by atoms with E-state index in [-0.39, 0.29) is 17.1 Å². The smallest absolute Gasteiger partial charge is 0.329 e. The SMILES string of the molecule is C=CC(=O)OC.[Fe].[cH-]1[cH-][cH-][cH-][cH-]1.c1cc[cH-]c1. The number of esters is 1. The zero-order chi connectivity index (χ0) is 12.1. The molecule has 2 aromatic rings. The Morgan fingerprint density at radius 2 is 1.53 bits per heavy atom. The van der Waals surface area contributed by atoms with Crippen molar-refractivity contribution in [1.82, 2.24) is 0 Å². The van der Waals surface area contributed by atoms with Gasteiger partial charge in [0.25, 0.3) is 0 Å². The van der Waals surface area contributed by atoms with Gasteiger partial charge in [-0.3, -0.25) is 0 Å². The van der Waals surface area contributed by atoms with Crippen LogP contribution in [0.25, 0.3) is 0 Å². The molecule has 0 atom stereocenters. The number of carbonyl (C=O) groups is 1. The van der Waals surface area contributed by atoms with Crippen LogP contribution >= 0.6 is 0 Å². The van der Waals surface area contributed by atoms with E-state index in [0.717, 1.165) is 6.08 Å². The monoisotopic (exact) mass is 272 g/mol. The summed E-state index contributed by atoms with van der Waals surface area (Å²) in [5.41, 5.74) is 0. The van der Waals surface area contributed by atoms with E-state index in [4.69, 9.17) is 0 Å². The molecule has 0 radical (unpaired) electrons. The summed E-state index contributed by atoms with van der Waals surface area (Å²) in [4.78, 5) is 9.84. The molecule has 0 N–H and O–H groups in total. The molecule has 3 heteroatoms. The number of ether oxygens (including phenoxy) is 1. The van der Waals surface area contributed by atoms with Gasteiger partial charge in [-0.15, -0.1) is 0 Å². The number of hydrogen-bond acceptors (Lipinski definition) is 2. The predicted molar refractivity (Wildman–Crippen MR) is 66.3 cm³/mol. The van der Waals surface area contributed by atoms with Crippen LogP contribution in [-0.2, 0) is 26.6 Å². The number of rotatable bonds is 1. The standard InChI is InChI=1S/2C5H5.C4H6O2.Fe/c2*1-2-4-5-3-1;1-3-4(5)6-2;/h2*1-5H;3H,1H2,2H3;/q-5;-1;;. The van der Waals surface area contributed by atoms with Crippen molar-refractivity contribution in [1.29, 1.82) is 0 Å². The molecular weight excluding hydrogens is 256 g/mol. The third-order valence-corrected chi connectivity index (χ3v) is 1.48. The number of hydrogen-bond donors (Lipinski definition) is 0. The van der Waals surface area contributed by atoms with Crippen LogP contribution in [0.4, 0.5) is 0 Å². The topological polar surface area (TPSA) is 26.3 Å². The summed E-state index contributed by atoms with van der Waals surface area (Å²) in [6, 6.07) is 20.0. The molecular formula is C14H16FeO2-6. The first-order valence-corrected chi connectivity index (χ1v) is 4.85. The molecule has 0 saturated heterocycles. The third kappa shape index (κ3) is 14.4. The van der Waals surface area contributed by atoms with Gasteiger partial charge in [-0.05, 0) is 0 Å². The van der Waals surface area contributed by atoms with Gasteiger partial charge in [-0.2, -0.15) is 18.2 Å². The van der Waals surface area contributed by atoms with Gasteiger partial charge in [0.1, 0.15) is 0 Å². The van der Waals surface area contributed by atoms with E-state index in [1.165, 1.54) is 7.11 Å². The fraction of sp³-hybridized carbons (Fsp3) is 0.0714. The van der Waals surface area contributed by atoms with Crippen molar-refractivity contribution < 1.29 is 26.6 Å². The Kier molecular flexibility index (Phi) is 15.1. The summed E-state index contributed by atoms with van der Waals surface area (Å²) < 4.78 is 4.14. The Hall–Kier alpha value is -1.57. The zero-order valence-corrected chi connectivity index (χ0v) is 10.8. The van der Waals surface area contributed by atoms with E-state index in [2.05, 4.69) is 11.3 Å². The summed E-state index contributed by atoms with van der Waals surface area (Å²) in [7, 11) is 1.31. The molecule has 0 fully saturated rings. The van der Waals surface area contributed by atoms with Crippen molar-refractivity contribution in [3.63, 3.8) is 0 Å². The van der Waals surface area contributed by atoms with Crippen LogP contribution in [-0.4, -0.2) is 13.1 Å². The van der Waals surface area contributed by atoms with Gasteiger partial charge in [-0.25, -0.2) is 16.9 Å². The summed E-state index contributed by atoms with van der Waals surface area (Å²) >= 11 is 0. The molecule has 17 heavy (non-hydrogen) atoms. The molecule has 0 saturated carbocycles. The molecule has 98 valence electrons. The van der Waals surface area contributed by atoms with E-state index >= 15 is 0 Å². The van der Waals surface area contributed by atoms with E-state index < -0.39 is 5.97 Å². The van der Waals surface area contributed by atoms with E-state index in [1.54, 1.807) is 0 Å². The average molecular weight is 272 g/mol. The summed E-state index contributed by atoms with van der Waals surface area (Å²) in [6.07, 6.45) is 1.11. The van der Waals surface area contributed by atoms with E-state index in [0.29, 0.717) is 0 Å². The van der Waals surface area contributed by atoms with Crippen LogP contribution < -0.4 is 0 Å². The number of carbonyl (C=O) groups excluding carboxylic acids is 1. The Labute approximate surface area is 113 Å². The van der Waals surface area contributed by atoms with Crippen molar-refractivity contribution in [2.45, 2.75) is 0 Å². The van der Waals surface area contributed by atoms with Gasteiger partial charge >= 0.3 is 5.97 Å². The minimum absolute atomic E-state index is 0. The molecule has 0 heterocycles. The minimum atomic E-state index is -0.394. The largest absolute Gasteiger partial charge is 0.748 e. The first kappa shape index (κ1) is 17.8. The van der Waals surface area contributed by atoms with E-state index in [9.17, 15) is 4.79 Å². The molecule has 0 aliphatic heterocycles. The molecule has 2 aromatic carbocycles. The molecule has 0 amide bonds. The first-order valence-electron chi connectivity index (χ1n) is 4.85. The van der Waals surface area contributed by atoms with Crippen molar-refractivity contribution in [2.24, 2.45) is 0 Å². The maximum Gasteiger partial charge on any atom is 0.329 e. The Morgan fingerprint density at radius 3 is 1.65 bits per heavy atom. The van der Waals surface area contributed by atoms with Gasteiger partial charge in [0.05, 0.1) is 7.11 Å². The third-order valence-electron chi connectivity index (χ3n) is 1.48. The van der Waals surface area contributed by atoms with Crippen molar-refractivity contribution in [3.8, 4) is 0 Å². The van der Waals surface area contributed by atoms with Crippen molar-refractivity contribution in [2.75, 3.05) is 7.11 Å². The first-order chi connectivity index (χ1) is 7.81. The average Bonchev–Trinajstić information content (AvgIpc) is 3.03. The van der Waals surface area contributed by atoms with Gasteiger partial charge in [0.2, 0.25) is 0 Å². The molecule has 0 spiro atoms. The Morgan fingerprint density at radius 1 is 1.12 bits per heavy atom. The molecule has 0 aliphatic carbocycles. The van der Waals surface area contributed by atoms with Crippen LogP contribution in [0.5, 0.6) is 0 Å². The molecule has 2 rings (SSSR count). The van der Waals surface area contributed by atoms with Crippen LogP contribution in [0.15, 0.2) is 73.3 Å². The fourth-order valence-corrected chi connectivity index (χ4v) is 0.725. The van der Waals surface area contributed by atoms with Crippen LogP contribution in [0.3, 0.4) is 0 Å². The maximum absolute atomic E-state index is 9.84. The normalized spacial score (nSPS) is 7.12. The molecule has 0 bridgehead atoms. The molecule has 0 aromatic heterocycles. The predicted octanol–water partition coefficient (Wildman–Crippen LogP) is 3.15. The van der Waals surface area contributed by atoms with Crippen LogP contribution in [0.1, 0.15) is 0 Å². The van der Waals surface area contributed by atoms with Crippen LogP contribution in [0, 0.1) is 0 Å². The van der Waals surface area contributed by atoms with Gasteiger partial charge in [-0.1, -0.05) is 6.58 Å². The molecule has 0 unspecified atom stereocenters. The van der Waals surface area contributed by atoms with Crippen molar-refractivity contribution >= 4 is 5.97 Å². The summed E-state index contributed by atoms with van der Waals surface area (Å²) in [6.45, 7) is 3.16. The van der Waals surface area contributed by atoms with Gasteiger partial charge < -0.3 is 35.1 Å². The Bertz CT molecular complexity index is 276. The van der Waals surface area contributed by atoms with E-state index in [1.807, 2.05) is 60.7 Å². The Balaban J connectivity index is 0. The second-order valence-electron chi connectivity index (χ2n) is 2.65. The second-order valence-corrected chi connectivity index (χ2v) is 2.65. The van der Waals surface area contributed by atoms with Crippen molar-refractivity contribution in [3.05, 3.63) is 73.3 Å². The molecule has 2 nitrogen and oxygen atoms in total. The minimum Gasteiger partial charge on any atom is -0.748 e. The van der Waals surface area contributed by atoms with Crippen LogP contribution in [0.2, 0.25) is 0 Å². The fourth-order valence-electron chi connectivity index (χ4n) is 0.725. The second kappa shape index (κ2) is 14.4. The summed E-state index contributed by atoms with van der Waals surface area (Å²) in [5.74, 6) is -0.394. The van der Waals surface area contributed by atoms with Gasteiger partial charge in [0.15, 0.2) is 0 Å². The zero-order valence-electron chi connectivity index (χ0n) is 9.73.